The van der Waals surface area contributed by atoms with Crippen molar-refractivity contribution in [3.8, 4) is 0 Å². The number of benzene rings is 1. The highest BCUT2D eigenvalue weighted by molar-refractivity contribution is 9.10. The monoisotopic (exact) mass is 374 g/mol. The van der Waals surface area contributed by atoms with Crippen molar-refractivity contribution >= 4 is 26.0 Å². The fourth-order valence-electron chi connectivity index (χ4n) is 2.93. The van der Waals surface area contributed by atoms with Crippen LogP contribution in [0.25, 0.3) is 0 Å². The summed E-state index contributed by atoms with van der Waals surface area (Å²) in [5, 5.41) is 0. The molecule has 1 aromatic rings. The Morgan fingerprint density at radius 2 is 2.14 bits per heavy atom. The molecule has 0 spiro atoms. The zero-order valence-electron chi connectivity index (χ0n) is 12.5. The van der Waals surface area contributed by atoms with E-state index in [0.29, 0.717) is 23.9 Å². The maximum absolute atomic E-state index is 12.9. The van der Waals surface area contributed by atoms with Gasteiger partial charge in [-0.15, -0.1) is 0 Å². The van der Waals surface area contributed by atoms with Gasteiger partial charge in [0.25, 0.3) is 0 Å². The van der Waals surface area contributed by atoms with Crippen LogP contribution in [0, 0.1) is 12.8 Å². The Hall–Kier alpha value is -0.430. The number of halogens is 1. The molecule has 6 heteroatoms. The Morgan fingerprint density at radius 3 is 2.71 bits per heavy atom. The van der Waals surface area contributed by atoms with E-state index in [-0.39, 0.29) is 6.04 Å². The van der Waals surface area contributed by atoms with Gasteiger partial charge in [0.1, 0.15) is 0 Å². The fraction of sp³-hybridized carbons (Fsp3) is 0.600. The highest BCUT2D eigenvalue weighted by Crippen LogP contribution is 2.30. The lowest BCUT2D eigenvalue weighted by Gasteiger charge is -2.37. The van der Waals surface area contributed by atoms with E-state index in [2.05, 4.69) is 22.9 Å². The quantitative estimate of drug-likeness (QED) is 0.880. The van der Waals surface area contributed by atoms with Gasteiger partial charge in [-0.3, -0.25) is 0 Å². The van der Waals surface area contributed by atoms with Crippen LogP contribution in [0.4, 0.5) is 0 Å². The van der Waals surface area contributed by atoms with E-state index < -0.39 is 10.0 Å². The first-order valence-electron chi connectivity index (χ1n) is 7.38. The normalized spacial score (nSPS) is 24.2. The van der Waals surface area contributed by atoms with Gasteiger partial charge in [-0.2, -0.15) is 4.31 Å². The van der Waals surface area contributed by atoms with Crippen LogP contribution in [0.3, 0.4) is 0 Å². The minimum absolute atomic E-state index is 0.0855. The molecule has 2 unspecified atom stereocenters. The summed E-state index contributed by atoms with van der Waals surface area (Å²) in [6.07, 6.45) is 2.87. The molecule has 1 aliphatic heterocycles. The number of sulfonamides is 1. The average molecular weight is 375 g/mol. The summed E-state index contributed by atoms with van der Waals surface area (Å²) in [5.41, 5.74) is 6.75. The molecule has 1 heterocycles. The van der Waals surface area contributed by atoms with Gasteiger partial charge in [0.2, 0.25) is 10.0 Å². The molecule has 1 aromatic carbocycles. The maximum Gasteiger partial charge on any atom is 0.243 e. The van der Waals surface area contributed by atoms with Gasteiger partial charge in [-0.05, 0) is 49.4 Å². The summed E-state index contributed by atoms with van der Waals surface area (Å²) in [6, 6.07) is 5.08. The molecule has 0 radical (unpaired) electrons. The molecule has 21 heavy (non-hydrogen) atoms. The molecule has 0 aliphatic carbocycles. The molecule has 4 nitrogen and oxygen atoms in total. The zero-order valence-corrected chi connectivity index (χ0v) is 15.0. The Kier molecular flexibility index (Phi) is 5.46. The predicted octanol–water partition coefficient (Wildman–Crippen LogP) is 2.90. The number of hydrogen-bond acceptors (Lipinski definition) is 3. The number of piperidine rings is 1. The number of nitrogens with two attached hydrogens (primary N) is 1. The van der Waals surface area contributed by atoms with E-state index in [4.69, 9.17) is 5.73 Å². The first kappa shape index (κ1) is 16.9. The molecule has 1 fully saturated rings. The average Bonchev–Trinajstić information content (AvgIpc) is 2.49. The topological polar surface area (TPSA) is 63.4 Å². The molecular weight excluding hydrogens is 352 g/mol. The third-order valence-corrected chi connectivity index (χ3v) is 7.19. The van der Waals surface area contributed by atoms with Crippen molar-refractivity contribution in [2.24, 2.45) is 11.7 Å². The van der Waals surface area contributed by atoms with E-state index >= 15 is 0 Å². The molecule has 118 valence electrons. The SMILES string of the molecule is CCC1CCN(S(=O)(=O)c2ccc(Br)c(C)c2)C(CN)C1. The van der Waals surface area contributed by atoms with E-state index in [0.717, 1.165) is 29.3 Å². The van der Waals surface area contributed by atoms with Crippen LogP contribution in [-0.2, 0) is 10.0 Å². The summed E-state index contributed by atoms with van der Waals surface area (Å²) in [6.45, 7) is 5.00. The van der Waals surface area contributed by atoms with Crippen molar-refractivity contribution in [3.63, 3.8) is 0 Å². The number of hydrogen-bond donors (Lipinski definition) is 1. The second-order valence-electron chi connectivity index (χ2n) is 5.71. The van der Waals surface area contributed by atoms with Gasteiger partial charge >= 0.3 is 0 Å². The van der Waals surface area contributed by atoms with E-state index in [1.807, 2.05) is 6.92 Å². The third-order valence-electron chi connectivity index (χ3n) is 4.36. The summed E-state index contributed by atoms with van der Waals surface area (Å²) in [4.78, 5) is 0.358. The largest absolute Gasteiger partial charge is 0.329 e. The molecule has 0 saturated carbocycles. The van der Waals surface area contributed by atoms with Crippen molar-refractivity contribution in [1.29, 1.82) is 0 Å². The smallest absolute Gasteiger partial charge is 0.243 e. The third kappa shape index (κ3) is 3.50. The van der Waals surface area contributed by atoms with Gasteiger partial charge in [0.05, 0.1) is 4.90 Å². The van der Waals surface area contributed by atoms with Gasteiger partial charge in [0, 0.05) is 23.6 Å². The number of rotatable bonds is 4. The van der Waals surface area contributed by atoms with Crippen molar-refractivity contribution in [3.05, 3.63) is 28.2 Å². The molecule has 1 saturated heterocycles. The molecular formula is C15H23BrN2O2S. The van der Waals surface area contributed by atoms with E-state index in [9.17, 15) is 8.42 Å². The van der Waals surface area contributed by atoms with Crippen LogP contribution in [0.15, 0.2) is 27.6 Å². The standard InChI is InChI=1S/C15H23BrN2O2S/c1-3-12-6-7-18(13(9-12)10-17)21(19,20)14-4-5-15(16)11(2)8-14/h4-5,8,12-13H,3,6-7,9-10,17H2,1-2H3. The van der Waals surface area contributed by atoms with Crippen molar-refractivity contribution in [1.82, 2.24) is 4.31 Å². The van der Waals surface area contributed by atoms with Crippen molar-refractivity contribution in [2.75, 3.05) is 13.1 Å². The lowest BCUT2D eigenvalue weighted by Crippen LogP contribution is -2.49. The molecule has 2 rings (SSSR count). The lowest BCUT2D eigenvalue weighted by molar-refractivity contribution is 0.197. The Morgan fingerprint density at radius 1 is 1.43 bits per heavy atom. The summed E-state index contributed by atoms with van der Waals surface area (Å²) in [7, 11) is -3.46. The fourth-order valence-corrected chi connectivity index (χ4v) is 4.92. The molecule has 2 N–H and O–H groups in total. The maximum atomic E-state index is 12.9. The highest BCUT2D eigenvalue weighted by Gasteiger charge is 2.35. The summed E-state index contributed by atoms with van der Waals surface area (Å²) in [5.74, 6) is 0.580. The lowest BCUT2D eigenvalue weighted by atomic mass is 9.90. The second kappa shape index (κ2) is 6.77. The first-order chi connectivity index (χ1) is 9.90. The molecule has 0 bridgehead atoms. The molecule has 0 amide bonds. The van der Waals surface area contributed by atoms with Crippen LogP contribution >= 0.6 is 15.9 Å². The minimum atomic E-state index is -3.46. The van der Waals surface area contributed by atoms with Gasteiger partial charge in [-0.1, -0.05) is 29.3 Å². The number of aryl methyl sites for hydroxylation is 1. The van der Waals surface area contributed by atoms with Crippen LogP contribution in [0.1, 0.15) is 31.7 Å². The number of nitrogens with zero attached hydrogens (tertiary/aromatic N) is 1. The molecule has 1 aliphatic rings. The molecule has 2 atom stereocenters. The summed E-state index contributed by atoms with van der Waals surface area (Å²) >= 11 is 3.41. The predicted molar refractivity (Wildman–Crippen MR) is 88.6 cm³/mol. The Labute approximate surface area is 135 Å². The summed E-state index contributed by atoms with van der Waals surface area (Å²) < 4.78 is 28.3. The first-order valence-corrected chi connectivity index (χ1v) is 9.61. The zero-order chi connectivity index (χ0) is 15.6. The highest BCUT2D eigenvalue weighted by atomic mass is 79.9. The van der Waals surface area contributed by atoms with E-state index in [1.165, 1.54) is 0 Å². The Bertz CT molecular complexity index is 604. The van der Waals surface area contributed by atoms with Gasteiger partial charge < -0.3 is 5.73 Å². The van der Waals surface area contributed by atoms with Crippen molar-refractivity contribution < 1.29 is 8.42 Å². The van der Waals surface area contributed by atoms with Crippen LogP contribution in [0.2, 0.25) is 0 Å². The molecule has 0 aromatic heterocycles. The van der Waals surface area contributed by atoms with E-state index in [1.54, 1.807) is 22.5 Å². The van der Waals surface area contributed by atoms with Crippen LogP contribution < -0.4 is 5.73 Å². The van der Waals surface area contributed by atoms with Crippen molar-refractivity contribution in [2.45, 2.75) is 44.0 Å². The Balaban J connectivity index is 2.31. The second-order valence-corrected chi connectivity index (χ2v) is 8.46. The van der Waals surface area contributed by atoms with Crippen LogP contribution in [0.5, 0.6) is 0 Å². The van der Waals surface area contributed by atoms with Gasteiger partial charge in [-0.25, -0.2) is 8.42 Å². The van der Waals surface area contributed by atoms with Crippen LogP contribution in [-0.4, -0.2) is 31.9 Å². The van der Waals surface area contributed by atoms with Gasteiger partial charge in [0.15, 0.2) is 0 Å². The minimum Gasteiger partial charge on any atom is -0.329 e.